The van der Waals surface area contributed by atoms with Crippen LogP contribution >= 0.6 is 0 Å². The van der Waals surface area contributed by atoms with Crippen molar-refractivity contribution in [1.82, 2.24) is 5.32 Å². The molecule has 7 nitrogen and oxygen atoms in total. The number of aliphatic imine (C=N–C) groups is 1. The van der Waals surface area contributed by atoms with Crippen molar-refractivity contribution < 1.29 is 17.9 Å². The maximum absolute atomic E-state index is 12.6. The minimum Gasteiger partial charge on any atom is -0.495 e. The van der Waals surface area contributed by atoms with E-state index in [9.17, 15) is 13.2 Å². The molecule has 2 N–H and O–H groups in total. The molecule has 0 fully saturated rings. The fraction of sp³-hybridized carbons (Fsp3) is 0.200. The number of sulfonamides is 1. The van der Waals surface area contributed by atoms with Gasteiger partial charge in [-0.1, -0.05) is 12.1 Å². The molecule has 1 aliphatic heterocycles. The lowest BCUT2D eigenvalue weighted by Crippen LogP contribution is -2.29. The van der Waals surface area contributed by atoms with Crippen LogP contribution in [0, 0.1) is 6.92 Å². The summed E-state index contributed by atoms with van der Waals surface area (Å²) in [6.45, 7) is 1.86. The number of nitrogens with zero attached hydrogens (tertiary/aromatic N) is 1. The second kappa shape index (κ2) is 5.54. The number of ether oxygens (including phenoxy) is 1. The second-order valence-corrected chi connectivity index (χ2v) is 7.02. The van der Waals surface area contributed by atoms with Gasteiger partial charge in [0.1, 0.15) is 11.0 Å². The number of carbonyl (C=O) groups is 1. The molecule has 1 heterocycles. The molecule has 23 heavy (non-hydrogen) atoms. The number of carbonyl (C=O) groups excluding carboxylic acids is 1. The summed E-state index contributed by atoms with van der Waals surface area (Å²) in [5.41, 5.74) is 2.12. The molecular weight excluding hydrogens is 318 g/mol. The van der Waals surface area contributed by atoms with Crippen LogP contribution < -0.4 is 14.8 Å². The monoisotopic (exact) mass is 333 g/mol. The summed E-state index contributed by atoms with van der Waals surface area (Å²) >= 11 is 0. The van der Waals surface area contributed by atoms with E-state index >= 15 is 0 Å². The summed E-state index contributed by atoms with van der Waals surface area (Å²) in [4.78, 5) is 14.9. The quantitative estimate of drug-likeness (QED) is 0.877. The zero-order chi connectivity index (χ0) is 16.6. The first-order chi connectivity index (χ1) is 10.9. The van der Waals surface area contributed by atoms with Crippen LogP contribution in [0.1, 0.15) is 5.56 Å². The van der Waals surface area contributed by atoms with Gasteiger partial charge in [0.05, 0.1) is 24.2 Å². The number of fused-ring (bicyclic) bond motifs is 1. The Kier molecular flexibility index (Phi) is 3.69. The van der Waals surface area contributed by atoms with Gasteiger partial charge in [-0.15, -0.1) is 0 Å². The number of hydrogen-bond acceptors (Lipinski definition) is 4. The molecule has 2 amide bonds. The molecule has 0 spiro atoms. The number of allylic oxidation sites excluding steroid dienone is 1. The van der Waals surface area contributed by atoms with Gasteiger partial charge < -0.3 is 10.1 Å². The Bertz CT molecular complexity index is 869. The number of aryl methyl sites for hydroxylation is 1. The number of urea groups is 1. The first kappa shape index (κ1) is 15.3. The molecule has 120 valence electrons. The van der Waals surface area contributed by atoms with E-state index in [1.807, 2.05) is 13.0 Å². The Morgan fingerprint density at radius 2 is 2.13 bits per heavy atom. The summed E-state index contributed by atoms with van der Waals surface area (Å²) in [5.74, 6) is 0.433. The average molecular weight is 333 g/mol. The number of anilines is 1. The first-order valence-electron chi connectivity index (χ1n) is 6.85. The van der Waals surface area contributed by atoms with Gasteiger partial charge in [0.25, 0.3) is 0 Å². The molecule has 0 saturated carbocycles. The summed E-state index contributed by atoms with van der Waals surface area (Å²) in [5, 5.41) is 1.59. The summed E-state index contributed by atoms with van der Waals surface area (Å²) in [6, 6.07) is 4.72. The highest BCUT2D eigenvalue weighted by Crippen LogP contribution is 2.28. The molecule has 0 radical (unpaired) electrons. The van der Waals surface area contributed by atoms with E-state index in [2.05, 4.69) is 15.0 Å². The van der Waals surface area contributed by atoms with Crippen LogP contribution in [0.3, 0.4) is 0 Å². The van der Waals surface area contributed by atoms with Crippen molar-refractivity contribution in [2.24, 2.45) is 4.99 Å². The van der Waals surface area contributed by atoms with Crippen LogP contribution in [-0.2, 0) is 10.0 Å². The van der Waals surface area contributed by atoms with Crippen molar-refractivity contribution in [3.63, 3.8) is 0 Å². The standard InChI is InChI=1S/C15H15N3O4S/c1-9-3-6-14(22-2)13(7-9)18-23(20,21)10-4-5-11-12(8-10)17-15(19)16-11/h3-8,10,18H,1-2H3,(H,17,19). The molecule has 1 aromatic rings. The molecule has 1 aliphatic carbocycles. The van der Waals surface area contributed by atoms with Crippen molar-refractivity contribution in [3.05, 3.63) is 47.7 Å². The van der Waals surface area contributed by atoms with Gasteiger partial charge in [-0.05, 0) is 36.8 Å². The number of amides is 2. The van der Waals surface area contributed by atoms with E-state index in [0.717, 1.165) is 5.56 Å². The fourth-order valence-corrected chi connectivity index (χ4v) is 3.56. The number of methoxy groups -OCH3 is 1. The highest BCUT2D eigenvalue weighted by atomic mass is 32.2. The molecule has 1 atom stereocenters. The van der Waals surface area contributed by atoms with Crippen molar-refractivity contribution in [2.45, 2.75) is 12.2 Å². The van der Waals surface area contributed by atoms with Crippen LogP contribution in [0.4, 0.5) is 10.5 Å². The van der Waals surface area contributed by atoms with Crippen molar-refractivity contribution in [3.8, 4) is 5.75 Å². The van der Waals surface area contributed by atoms with Crippen molar-refractivity contribution in [1.29, 1.82) is 0 Å². The number of benzene rings is 1. The van der Waals surface area contributed by atoms with Gasteiger partial charge in [-0.2, -0.15) is 4.99 Å². The van der Waals surface area contributed by atoms with E-state index in [4.69, 9.17) is 4.74 Å². The maximum atomic E-state index is 12.6. The van der Waals surface area contributed by atoms with E-state index in [1.54, 1.807) is 12.1 Å². The Balaban J connectivity index is 1.89. The zero-order valence-corrected chi connectivity index (χ0v) is 13.3. The average Bonchev–Trinajstić information content (AvgIpc) is 2.86. The Morgan fingerprint density at radius 1 is 1.35 bits per heavy atom. The van der Waals surface area contributed by atoms with Crippen LogP contribution in [0.15, 0.2) is 47.1 Å². The molecular formula is C15H15N3O4S. The molecule has 0 saturated heterocycles. The third-order valence-electron chi connectivity index (χ3n) is 3.48. The summed E-state index contributed by atoms with van der Waals surface area (Å²) in [7, 11) is -2.27. The van der Waals surface area contributed by atoms with Gasteiger partial charge in [0, 0.05) is 0 Å². The number of nitrogens with one attached hydrogen (secondary N) is 2. The van der Waals surface area contributed by atoms with Gasteiger partial charge in [0.15, 0.2) is 0 Å². The lowest BCUT2D eigenvalue weighted by molar-refractivity contribution is 0.253. The SMILES string of the molecule is COc1ccc(C)cc1NS(=O)(=O)C1C=CC2=NC(=O)NC2=C1. The minimum absolute atomic E-state index is 0.370. The summed E-state index contributed by atoms with van der Waals surface area (Å²) in [6.07, 6.45) is 4.45. The third-order valence-corrected chi connectivity index (χ3v) is 4.99. The van der Waals surface area contributed by atoms with Crippen molar-refractivity contribution in [2.75, 3.05) is 11.8 Å². The molecule has 0 aromatic heterocycles. The van der Waals surface area contributed by atoms with E-state index in [0.29, 0.717) is 22.8 Å². The van der Waals surface area contributed by atoms with Crippen molar-refractivity contribution >= 4 is 27.5 Å². The zero-order valence-electron chi connectivity index (χ0n) is 12.5. The van der Waals surface area contributed by atoms with E-state index < -0.39 is 21.3 Å². The smallest absolute Gasteiger partial charge is 0.346 e. The molecule has 8 heteroatoms. The van der Waals surface area contributed by atoms with Crippen LogP contribution in [-0.4, -0.2) is 32.5 Å². The van der Waals surface area contributed by atoms with Crippen LogP contribution in [0.2, 0.25) is 0 Å². The highest BCUT2D eigenvalue weighted by molar-refractivity contribution is 7.93. The van der Waals surface area contributed by atoms with Crippen LogP contribution in [0.5, 0.6) is 5.75 Å². The number of hydrogen-bond donors (Lipinski definition) is 2. The van der Waals surface area contributed by atoms with Gasteiger partial charge in [0.2, 0.25) is 10.0 Å². The summed E-state index contributed by atoms with van der Waals surface area (Å²) < 4.78 is 32.9. The minimum atomic E-state index is -3.74. The number of rotatable bonds is 4. The molecule has 1 aromatic carbocycles. The highest BCUT2D eigenvalue weighted by Gasteiger charge is 2.29. The lowest BCUT2D eigenvalue weighted by Gasteiger charge is -2.18. The Labute approximate surface area is 133 Å². The third kappa shape index (κ3) is 2.98. The van der Waals surface area contributed by atoms with E-state index in [-0.39, 0.29) is 0 Å². The topological polar surface area (TPSA) is 96.9 Å². The Morgan fingerprint density at radius 3 is 2.87 bits per heavy atom. The van der Waals surface area contributed by atoms with Crippen LogP contribution in [0.25, 0.3) is 0 Å². The normalized spacial score (nSPS) is 19.6. The lowest BCUT2D eigenvalue weighted by atomic mass is 10.1. The van der Waals surface area contributed by atoms with Gasteiger partial charge in [-0.3, -0.25) is 4.72 Å². The fourth-order valence-electron chi connectivity index (χ4n) is 2.35. The second-order valence-electron chi connectivity index (χ2n) is 5.18. The van der Waals surface area contributed by atoms with Gasteiger partial charge >= 0.3 is 6.03 Å². The predicted octanol–water partition coefficient (Wildman–Crippen LogP) is 1.73. The predicted molar refractivity (Wildman–Crippen MR) is 87.3 cm³/mol. The molecule has 1 unspecified atom stereocenters. The van der Waals surface area contributed by atoms with E-state index in [1.165, 1.54) is 25.3 Å². The van der Waals surface area contributed by atoms with Gasteiger partial charge in [-0.25, -0.2) is 13.2 Å². The largest absolute Gasteiger partial charge is 0.495 e. The maximum Gasteiger partial charge on any atom is 0.346 e. The molecule has 2 aliphatic rings. The Hall–Kier alpha value is -2.61. The molecule has 0 bridgehead atoms. The first-order valence-corrected chi connectivity index (χ1v) is 8.40. The molecule has 3 rings (SSSR count).